The molecule has 2 unspecified atom stereocenters. The molecule has 136 valence electrons. The van der Waals surface area contributed by atoms with Crippen LogP contribution in [-0.4, -0.2) is 43.5 Å². The number of nitrogens with zero attached hydrogens (tertiary/aromatic N) is 1. The number of rotatable bonds is 6. The summed E-state index contributed by atoms with van der Waals surface area (Å²) in [5, 5.41) is 2.95. The molecule has 2 aliphatic rings. The van der Waals surface area contributed by atoms with E-state index < -0.39 is 0 Å². The Bertz CT molecular complexity index is 617. The fourth-order valence-corrected chi connectivity index (χ4v) is 3.70. The minimum atomic E-state index is -0.171. The van der Waals surface area contributed by atoms with Gasteiger partial charge in [0, 0.05) is 39.1 Å². The Balaban J connectivity index is 1.36. The van der Waals surface area contributed by atoms with Crippen LogP contribution in [0.3, 0.4) is 0 Å². The molecule has 1 heterocycles. The van der Waals surface area contributed by atoms with Gasteiger partial charge in [-0.25, -0.2) is 0 Å². The lowest BCUT2D eigenvalue weighted by atomic mass is 9.89. The van der Waals surface area contributed by atoms with Crippen molar-refractivity contribution in [2.75, 3.05) is 26.7 Å². The molecule has 5 nitrogen and oxygen atoms in total. The summed E-state index contributed by atoms with van der Waals surface area (Å²) >= 11 is 0. The van der Waals surface area contributed by atoms with Crippen molar-refractivity contribution in [3.8, 4) is 0 Å². The van der Waals surface area contributed by atoms with Crippen LogP contribution in [0.4, 0.5) is 0 Å². The van der Waals surface area contributed by atoms with Crippen molar-refractivity contribution in [1.82, 2.24) is 10.2 Å². The first-order valence-electron chi connectivity index (χ1n) is 9.36. The topological polar surface area (TPSA) is 58.6 Å². The minimum absolute atomic E-state index is 0.00413. The molecule has 0 saturated carbocycles. The molecule has 0 bridgehead atoms. The largest absolute Gasteiger partial charge is 0.373 e. The predicted octanol–water partition coefficient (Wildman–Crippen LogP) is 2.46. The number of hydrogen-bond donors (Lipinski definition) is 1. The van der Waals surface area contributed by atoms with Gasteiger partial charge in [-0.15, -0.1) is 0 Å². The maximum absolute atomic E-state index is 12.2. The normalized spacial score (nSPS) is 23.2. The highest BCUT2D eigenvalue weighted by atomic mass is 16.5. The third-order valence-corrected chi connectivity index (χ3v) is 5.28. The van der Waals surface area contributed by atoms with Gasteiger partial charge < -0.3 is 15.0 Å². The van der Waals surface area contributed by atoms with Gasteiger partial charge in [-0.3, -0.25) is 9.59 Å². The quantitative estimate of drug-likeness (QED) is 0.807. The number of benzene rings is 1. The summed E-state index contributed by atoms with van der Waals surface area (Å²) in [4.78, 5) is 25.5. The van der Waals surface area contributed by atoms with E-state index in [2.05, 4.69) is 29.6 Å². The lowest BCUT2D eigenvalue weighted by Gasteiger charge is -2.28. The van der Waals surface area contributed by atoms with E-state index in [0.29, 0.717) is 26.1 Å². The Morgan fingerprint density at radius 1 is 1.32 bits per heavy atom. The standard InChI is InChI=1S/C20H28N2O3/c1-22-12-10-16(14-19(22)23)20(24)21-11-5-13-25-18-9-4-7-15-6-2-3-8-17(15)18/h2-3,6,8,16,18H,4-5,7,9-14H2,1H3,(H,21,24). The van der Waals surface area contributed by atoms with Gasteiger partial charge in [0.15, 0.2) is 0 Å². The number of amides is 2. The Morgan fingerprint density at radius 3 is 3.00 bits per heavy atom. The first kappa shape index (κ1) is 17.9. The molecule has 2 amide bonds. The van der Waals surface area contributed by atoms with Crippen LogP contribution >= 0.6 is 0 Å². The molecule has 25 heavy (non-hydrogen) atoms. The molecular weight excluding hydrogens is 316 g/mol. The van der Waals surface area contributed by atoms with Gasteiger partial charge in [0.05, 0.1) is 6.10 Å². The van der Waals surface area contributed by atoms with Gasteiger partial charge in [-0.1, -0.05) is 24.3 Å². The van der Waals surface area contributed by atoms with Crippen molar-refractivity contribution in [2.24, 2.45) is 5.92 Å². The second-order valence-corrected chi connectivity index (χ2v) is 7.10. The van der Waals surface area contributed by atoms with Crippen molar-refractivity contribution in [3.63, 3.8) is 0 Å². The van der Waals surface area contributed by atoms with Crippen LogP contribution in [0.5, 0.6) is 0 Å². The number of fused-ring (bicyclic) bond motifs is 1. The first-order chi connectivity index (χ1) is 12.1. The Kier molecular flexibility index (Phi) is 6.08. The zero-order valence-electron chi connectivity index (χ0n) is 15.0. The number of likely N-dealkylation sites (tertiary alicyclic amines) is 1. The van der Waals surface area contributed by atoms with E-state index in [0.717, 1.165) is 25.7 Å². The van der Waals surface area contributed by atoms with Crippen LogP contribution in [0, 0.1) is 5.92 Å². The fourth-order valence-electron chi connectivity index (χ4n) is 3.70. The molecule has 3 rings (SSSR count). The molecule has 0 spiro atoms. The zero-order chi connectivity index (χ0) is 17.6. The van der Waals surface area contributed by atoms with Gasteiger partial charge in [-0.2, -0.15) is 0 Å². The number of ether oxygens (including phenoxy) is 1. The smallest absolute Gasteiger partial charge is 0.223 e. The van der Waals surface area contributed by atoms with Gasteiger partial charge >= 0.3 is 0 Å². The fraction of sp³-hybridized carbons (Fsp3) is 0.600. The molecule has 1 aromatic carbocycles. The zero-order valence-corrected chi connectivity index (χ0v) is 15.0. The number of carbonyl (C=O) groups is 2. The molecule has 2 atom stereocenters. The third kappa shape index (κ3) is 4.60. The third-order valence-electron chi connectivity index (χ3n) is 5.28. The molecule has 0 aromatic heterocycles. The number of hydrogen-bond acceptors (Lipinski definition) is 3. The molecule has 0 radical (unpaired) electrons. The SMILES string of the molecule is CN1CCC(C(=O)NCCCOC2CCCc3ccccc32)CC1=O. The van der Waals surface area contributed by atoms with Crippen LogP contribution in [0.15, 0.2) is 24.3 Å². The summed E-state index contributed by atoms with van der Waals surface area (Å²) in [5.74, 6) is -0.106. The van der Waals surface area contributed by atoms with E-state index in [4.69, 9.17) is 4.74 Å². The lowest BCUT2D eigenvalue weighted by Crippen LogP contribution is -2.42. The summed E-state index contributed by atoms with van der Waals surface area (Å²) in [6.45, 7) is 1.92. The number of aryl methyl sites for hydroxylation is 1. The van der Waals surface area contributed by atoms with Crippen LogP contribution in [-0.2, 0) is 20.7 Å². The molecule has 5 heteroatoms. The molecule has 1 aliphatic carbocycles. The first-order valence-corrected chi connectivity index (χ1v) is 9.36. The van der Waals surface area contributed by atoms with E-state index in [1.165, 1.54) is 17.5 Å². The summed E-state index contributed by atoms with van der Waals surface area (Å²) in [5.41, 5.74) is 2.72. The minimum Gasteiger partial charge on any atom is -0.373 e. The lowest BCUT2D eigenvalue weighted by molar-refractivity contribution is -0.139. The van der Waals surface area contributed by atoms with E-state index in [-0.39, 0.29) is 23.8 Å². The highest BCUT2D eigenvalue weighted by Crippen LogP contribution is 2.32. The maximum Gasteiger partial charge on any atom is 0.223 e. The second kappa shape index (κ2) is 8.48. The second-order valence-electron chi connectivity index (χ2n) is 7.10. The highest BCUT2D eigenvalue weighted by molar-refractivity contribution is 5.86. The van der Waals surface area contributed by atoms with Crippen molar-refractivity contribution in [1.29, 1.82) is 0 Å². The Labute approximate surface area is 149 Å². The highest BCUT2D eigenvalue weighted by Gasteiger charge is 2.28. The molecule has 1 fully saturated rings. The van der Waals surface area contributed by atoms with Gasteiger partial charge in [0.25, 0.3) is 0 Å². The average molecular weight is 344 g/mol. The summed E-state index contributed by atoms with van der Waals surface area (Å²) in [6.07, 6.45) is 5.45. The van der Waals surface area contributed by atoms with Crippen molar-refractivity contribution in [2.45, 2.75) is 44.6 Å². The average Bonchev–Trinajstić information content (AvgIpc) is 2.63. The van der Waals surface area contributed by atoms with Crippen LogP contribution in [0.2, 0.25) is 0 Å². The van der Waals surface area contributed by atoms with Crippen molar-refractivity contribution >= 4 is 11.8 Å². The number of nitrogens with one attached hydrogen (secondary N) is 1. The summed E-state index contributed by atoms with van der Waals surface area (Å²) < 4.78 is 6.06. The summed E-state index contributed by atoms with van der Waals surface area (Å²) in [7, 11) is 1.79. The number of piperidine rings is 1. The van der Waals surface area contributed by atoms with Crippen molar-refractivity contribution < 1.29 is 14.3 Å². The predicted molar refractivity (Wildman–Crippen MR) is 96.1 cm³/mol. The van der Waals surface area contributed by atoms with Gasteiger partial charge in [0.1, 0.15) is 0 Å². The number of carbonyl (C=O) groups excluding carboxylic acids is 2. The Morgan fingerprint density at radius 2 is 2.16 bits per heavy atom. The molecule has 1 N–H and O–H groups in total. The Hall–Kier alpha value is -1.88. The van der Waals surface area contributed by atoms with Crippen LogP contribution in [0.25, 0.3) is 0 Å². The molecule has 1 aromatic rings. The maximum atomic E-state index is 12.2. The summed E-state index contributed by atoms with van der Waals surface area (Å²) in [6, 6.07) is 8.51. The van der Waals surface area contributed by atoms with E-state index >= 15 is 0 Å². The molecule has 1 aliphatic heterocycles. The van der Waals surface area contributed by atoms with Gasteiger partial charge in [-0.05, 0) is 43.2 Å². The van der Waals surface area contributed by atoms with E-state index in [1.807, 2.05) is 0 Å². The van der Waals surface area contributed by atoms with E-state index in [9.17, 15) is 9.59 Å². The monoisotopic (exact) mass is 344 g/mol. The van der Waals surface area contributed by atoms with Gasteiger partial charge in [0.2, 0.25) is 11.8 Å². The molecular formula is C20H28N2O3. The van der Waals surface area contributed by atoms with Crippen LogP contribution < -0.4 is 5.32 Å². The molecule has 1 saturated heterocycles. The van der Waals surface area contributed by atoms with E-state index in [1.54, 1.807) is 11.9 Å². The van der Waals surface area contributed by atoms with Crippen LogP contribution in [0.1, 0.15) is 49.3 Å². The van der Waals surface area contributed by atoms with Crippen molar-refractivity contribution in [3.05, 3.63) is 35.4 Å².